The van der Waals surface area contributed by atoms with E-state index in [1.165, 1.54) is 24.6 Å². The number of phenolic OH excluding ortho intramolecular Hbond substituents is 2. The van der Waals surface area contributed by atoms with Crippen LogP contribution in [-0.2, 0) is 11.3 Å². The number of halogens is 2. The molecule has 0 atom stereocenters. The summed E-state index contributed by atoms with van der Waals surface area (Å²) < 4.78 is 5.49. The van der Waals surface area contributed by atoms with Gasteiger partial charge in [-0.15, -0.1) is 0 Å². The van der Waals surface area contributed by atoms with Crippen LogP contribution in [-0.4, -0.2) is 22.3 Å². The highest BCUT2D eigenvalue weighted by atomic mass is 35.5. The summed E-state index contributed by atoms with van der Waals surface area (Å²) in [6.07, 6.45) is 4.97. The van der Waals surface area contributed by atoms with Crippen molar-refractivity contribution in [2.45, 2.75) is 44.8 Å². The van der Waals surface area contributed by atoms with E-state index in [-0.39, 0.29) is 34.7 Å². The third-order valence-electron chi connectivity index (χ3n) is 4.63. The van der Waals surface area contributed by atoms with Gasteiger partial charge in [-0.1, -0.05) is 29.6 Å². The van der Waals surface area contributed by atoms with Crippen molar-refractivity contribution in [1.29, 1.82) is 0 Å². The molecule has 3 N–H and O–H groups in total. The van der Waals surface area contributed by atoms with Crippen molar-refractivity contribution in [3.8, 4) is 11.5 Å². The Hall–Kier alpha value is -2.11. The second-order valence-electron chi connectivity index (χ2n) is 6.65. The predicted molar refractivity (Wildman–Crippen MR) is 106 cm³/mol. The van der Waals surface area contributed by atoms with E-state index in [0.29, 0.717) is 16.3 Å². The van der Waals surface area contributed by atoms with Crippen LogP contribution in [0.3, 0.4) is 0 Å². The Labute approximate surface area is 167 Å². The van der Waals surface area contributed by atoms with Crippen LogP contribution in [0.2, 0.25) is 10.0 Å². The Balaban J connectivity index is 1.65. The van der Waals surface area contributed by atoms with Gasteiger partial charge in [0.25, 0.3) is 0 Å². The normalized spacial score (nSPS) is 14.7. The van der Waals surface area contributed by atoms with E-state index in [1.54, 1.807) is 12.1 Å². The Morgan fingerprint density at radius 1 is 1.11 bits per heavy atom. The minimum Gasteiger partial charge on any atom is -0.507 e. The smallest absolute Gasteiger partial charge is 0.342 e. The number of nitrogens with one attached hydrogen (secondary N) is 1. The number of aromatic hydroxyl groups is 2. The molecular weight excluding hydrogens is 389 g/mol. The summed E-state index contributed by atoms with van der Waals surface area (Å²) in [5.41, 5.74) is 1.24. The van der Waals surface area contributed by atoms with Crippen LogP contribution in [0.25, 0.3) is 0 Å². The zero-order valence-electron chi connectivity index (χ0n) is 14.7. The topological polar surface area (TPSA) is 78.8 Å². The first-order valence-electron chi connectivity index (χ1n) is 8.89. The van der Waals surface area contributed by atoms with Crippen molar-refractivity contribution in [3.63, 3.8) is 0 Å². The Bertz CT molecular complexity index is 835. The summed E-state index contributed by atoms with van der Waals surface area (Å²) in [6, 6.07) is 7.70. The van der Waals surface area contributed by atoms with E-state index in [1.807, 2.05) is 0 Å². The summed E-state index contributed by atoms with van der Waals surface area (Å²) in [6.45, 7) is 0.247. The standard InChI is InChI=1S/C20H21Cl2NO4/c21-13-8-12(19(25)17(22)9-13)11-23-14-6-7-16(18(24)10-14)20(26)27-15-4-2-1-3-5-15/h6-10,15,23-25H,1-5,11H2. The highest BCUT2D eigenvalue weighted by Crippen LogP contribution is 2.32. The van der Waals surface area contributed by atoms with Crippen molar-refractivity contribution >= 4 is 34.9 Å². The fourth-order valence-corrected chi connectivity index (χ4v) is 3.70. The molecule has 0 radical (unpaired) electrons. The number of phenols is 2. The van der Waals surface area contributed by atoms with Gasteiger partial charge in [0, 0.05) is 28.9 Å². The highest BCUT2D eigenvalue weighted by molar-refractivity contribution is 6.35. The van der Waals surface area contributed by atoms with E-state index in [9.17, 15) is 15.0 Å². The minimum atomic E-state index is -0.509. The van der Waals surface area contributed by atoms with Gasteiger partial charge in [0.05, 0.1) is 5.02 Å². The lowest BCUT2D eigenvalue weighted by atomic mass is 9.98. The summed E-state index contributed by atoms with van der Waals surface area (Å²) in [7, 11) is 0. The van der Waals surface area contributed by atoms with Crippen LogP contribution in [0.4, 0.5) is 5.69 Å². The van der Waals surface area contributed by atoms with E-state index < -0.39 is 5.97 Å². The summed E-state index contributed by atoms with van der Waals surface area (Å²) >= 11 is 11.9. The lowest BCUT2D eigenvalue weighted by Crippen LogP contribution is -2.21. The number of carbonyl (C=O) groups excluding carboxylic acids is 1. The predicted octanol–water partition coefficient (Wildman–Crippen LogP) is 5.51. The molecule has 1 fully saturated rings. The zero-order chi connectivity index (χ0) is 19.4. The third kappa shape index (κ3) is 4.99. The fraction of sp³-hybridized carbons (Fsp3) is 0.350. The van der Waals surface area contributed by atoms with Crippen LogP contribution in [0, 0.1) is 0 Å². The molecule has 1 saturated carbocycles. The number of carbonyl (C=O) groups is 1. The molecule has 0 aliphatic heterocycles. The molecule has 144 valence electrons. The van der Waals surface area contributed by atoms with Crippen LogP contribution < -0.4 is 5.32 Å². The Kier molecular flexibility index (Phi) is 6.34. The molecule has 27 heavy (non-hydrogen) atoms. The second kappa shape index (κ2) is 8.72. The molecule has 1 aliphatic carbocycles. The summed E-state index contributed by atoms with van der Waals surface area (Å²) in [4.78, 5) is 12.3. The number of hydrogen-bond donors (Lipinski definition) is 3. The number of hydrogen-bond acceptors (Lipinski definition) is 5. The molecule has 0 spiro atoms. The maximum atomic E-state index is 12.3. The first-order chi connectivity index (χ1) is 12.9. The average Bonchev–Trinajstić information content (AvgIpc) is 2.64. The zero-order valence-corrected chi connectivity index (χ0v) is 16.2. The molecule has 0 saturated heterocycles. The van der Waals surface area contributed by atoms with Gasteiger partial charge in [-0.3, -0.25) is 0 Å². The second-order valence-corrected chi connectivity index (χ2v) is 7.49. The van der Waals surface area contributed by atoms with Gasteiger partial charge in [0.15, 0.2) is 0 Å². The molecule has 0 bridgehead atoms. The quantitative estimate of drug-likeness (QED) is 0.567. The lowest BCUT2D eigenvalue weighted by molar-refractivity contribution is 0.0208. The van der Waals surface area contributed by atoms with Crippen LogP contribution in [0.1, 0.15) is 48.0 Å². The van der Waals surface area contributed by atoms with Crippen molar-refractivity contribution in [2.24, 2.45) is 0 Å². The van der Waals surface area contributed by atoms with Crippen molar-refractivity contribution < 1.29 is 19.7 Å². The minimum absolute atomic E-state index is 0.0505. The SMILES string of the molecule is O=C(OC1CCCCC1)c1ccc(NCc2cc(Cl)cc(Cl)c2O)cc1O. The van der Waals surface area contributed by atoms with Gasteiger partial charge in [-0.2, -0.15) is 0 Å². The molecule has 0 aromatic heterocycles. The summed E-state index contributed by atoms with van der Waals surface area (Å²) in [5, 5.41) is 23.8. The van der Waals surface area contributed by atoms with Gasteiger partial charge in [0.2, 0.25) is 0 Å². The molecule has 3 rings (SSSR count). The van der Waals surface area contributed by atoms with Crippen LogP contribution in [0.15, 0.2) is 30.3 Å². The Morgan fingerprint density at radius 3 is 2.56 bits per heavy atom. The molecule has 2 aromatic rings. The first-order valence-corrected chi connectivity index (χ1v) is 9.64. The number of anilines is 1. The number of rotatable bonds is 5. The van der Waals surface area contributed by atoms with Gasteiger partial charge >= 0.3 is 5.97 Å². The van der Waals surface area contributed by atoms with E-state index >= 15 is 0 Å². The number of ether oxygens (including phenoxy) is 1. The lowest BCUT2D eigenvalue weighted by Gasteiger charge is -2.22. The third-order valence-corrected chi connectivity index (χ3v) is 5.14. The highest BCUT2D eigenvalue weighted by Gasteiger charge is 2.21. The van der Waals surface area contributed by atoms with Gasteiger partial charge in [-0.05, 0) is 49.9 Å². The van der Waals surface area contributed by atoms with E-state index in [0.717, 1.165) is 25.7 Å². The van der Waals surface area contributed by atoms with Crippen LogP contribution in [0.5, 0.6) is 11.5 Å². The maximum absolute atomic E-state index is 12.3. The van der Waals surface area contributed by atoms with E-state index in [4.69, 9.17) is 27.9 Å². The van der Waals surface area contributed by atoms with Crippen molar-refractivity contribution in [3.05, 3.63) is 51.5 Å². The molecular formula is C20H21Cl2NO4. The number of benzene rings is 2. The van der Waals surface area contributed by atoms with Crippen molar-refractivity contribution in [2.75, 3.05) is 5.32 Å². The summed E-state index contributed by atoms with van der Waals surface area (Å²) in [5.74, 6) is -0.718. The molecule has 0 amide bonds. The molecule has 2 aromatic carbocycles. The van der Waals surface area contributed by atoms with Gasteiger partial charge in [0.1, 0.15) is 23.2 Å². The maximum Gasteiger partial charge on any atom is 0.342 e. The molecule has 0 heterocycles. The molecule has 7 heteroatoms. The van der Waals surface area contributed by atoms with Gasteiger partial charge in [-0.25, -0.2) is 4.79 Å². The van der Waals surface area contributed by atoms with E-state index in [2.05, 4.69) is 5.32 Å². The molecule has 0 unspecified atom stereocenters. The van der Waals surface area contributed by atoms with Crippen molar-refractivity contribution in [1.82, 2.24) is 0 Å². The number of esters is 1. The monoisotopic (exact) mass is 409 g/mol. The largest absolute Gasteiger partial charge is 0.507 e. The Morgan fingerprint density at radius 2 is 1.85 bits per heavy atom. The molecule has 5 nitrogen and oxygen atoms in total. The van der Waals surface area contributed by atoms with Crippen LogP contribution >= 0.6 is 23.2 Å². The molecule has 1 aliphatic rings. The first kappa shape index (κ1) is 19.6. The average molecular weight is 410 g/mol. The van der Waals surface area contributed by atoms with Gasteiger partial charge < -0.3 is 20.3 Å². The fourth-order valence-electron chi connectivity index (χ4n) is 3.16.